The van der Waals surface area contributed by atoms with Crippen molar-refractivity contribution in [2.75, 3.05) is 10.5 Å². The Labute approximate surface area is 164 Å². The molecule has 4 aromatic rings. The summed E-state index contributed by atoms with van der Waals surface area (Å²) in [7, 11) is -3.89. The molecule has 3 N–H and O–H groups in total. The summed E-state index contributed by atoms with van der Waals surface area (Å²) in [6.45, 7) is 0. The van der Waals surface area contributed by atoms with Crippen molar-refractivity contribution in [2.24, 2.45) is 0 Å². The van der Waals surface area contributed by atoms with Gasteiger partial charge in [-0.3, -0.25) is 10.1 Å². The van der Waals surface area contributed by atoms with E-state index in [0.29, 0.717) is 22.4 Å². The van der Waals surface area contributed by atoms with Gasteiger partial charge >= 0.3 is 0 Å². The van der Waals surface area contributed by atoms with Crippen molar-refractivity contribution in [3.63, 3.8) is 0 Å². The van der Waals surface area contributed by atoms with Crippen molar-refractivity contribution in [3.8, 4) is 5.82 Å². The molecule has 4 rings (SSSR count). The fourth-order valence-electron chi connectivity index (χ4n) is 2.80. The summed E-state index contributed by atoms with van der Waals surface area (Å²) in [5.41, 5.74) is 6.70. The minimum atomic E-state index is -3.89. The Hall–Kier alpha value is -3.99. The molecule has 0 fully saturated rings. The van der Waals surface area contributed by atoms with Crippen LogP contribution in [0.15, 0.2) is 71.9 Å². The smallest absolute Gasteiger partial charge is 0.270 e. The number of non-ortho nitro benzene ring substituents is 1. The number of nitrogens with one attached hydrogen (secondary N) is 1. The van der Waals surface area contributed by atoms with Gasteiger partial charge in [0.05, 0.1) is 15.3 Å². The highest BCUT2D eigenvalue weighted by atomic mass is 32.2. The summed E-state index contributed by atoms with van der Waals surface area (Å²) in [5, 5.41) is 11.6. The molecule has 0 atom stereocenters. The third-order valence-electron chi connectivity index (χ3n) is 4.19. The van der Waals surface area contributed by atoms with Crippen molar-refractivity contribution < 1.29 is 13.3 Å². The molecule has 0 bridgehead atoms. The minimum Gasteiger partial charge on any atom is -0.399 e. The lowest BCUT2D eigenvalue weighted by Crippen LogP contribution is -2.15. The number of aromatic nitrogens is 3. The SMILES string of the molecule is Nc1ccc(S(=O)(=O)Nc2nccc(-n3ccc4cc([N+](=O)[O-])ccc43)n2)cc1. The highest BCUT2D eigenvalue weighted by Gasteiger charge is 2.16. The third-order valence-corrected chi connectivity index (χ3v) is 5.53. The van der Waals surface area contributed by atoms with Gasteiger partial charge in [0.25, 0.3) is 15.7 Å². The molecule has 0 aliphatic carbocycles. The predicted molar refractivity (Wildman–Crippen MR) is 107 cm³/mol. The van der Waals surface area contributed by atoms with Gasteiger partial charge in [0.1, 0.15) is 5.82 Å². The molecule has 0 radical (unpaired) electrons. The van der Waals surface area contributed by atoms with E-state index in [-0.39, 0.29) is 16.5 Å². The van der Waals surface area contributed by atoms with E-state index in [2.05, 4.69) is 14.7 Å². The summed E-state index contributed by atoms with van der Waals surface area (Å²) in [6, 6.07) is 13.5. The van der Waals surface area contributed by atoms with E-state index in [1.165, 1.54) is 42.6 Å². The first kappa shape index (κ1) is 18.4. The number of hydrogen-bond acceptors (Lipinski definition) is 7. The fourth-order valence-corrected chi connectivity index (χ4v) is 3.75. The lowest BCUT2D eigenvalue weighted by Gasteiger charge is -2.09. The highest BCUT2D eigenvalue weighted by molar-refractivity contribution is 7.92. The molecule has 2 heterocycles. The van der Waals surface area contributed by atoms with Gasteiger partial charge in [-0.1, -0.05) is 0 Å². The van der Waals surface area contributed by atoms with Crippen LogP contribution in [0.2, 0.25) is 0 Å². The Bertz CT molecular complexity index is 1330. The molecule has 146 valence electrons. The molecule has 0 saturated carbocycles. The first-order chi connectivity index (χ1) is 13.8. The number of nitrogens with two attached hydrogens (primary N) is 1. The predicted octanol–water partition coefficient (Wildman–Crippen LogP) is 2.71. The second kappa shape index (κ2) is 6.87. The number of benzene rings is 2. The van der Waals surface area contributed by atoms with Gasteiger partial charge in [-0.05, 0) is 42.5 Å². The van der Waals surface area contributed by atoms with Gasteiger partial charge < -0.3 is 10.3 Å². The van der Waals surface area contributed by atoms with Crippen molar-refractivity contribution >= 4 is 38.2 Å². The Morgan fingerprint density at radius 1 is 1.07 bits per heavy atom. The maximum absolute atomic E-state index is 12.5. The van der Waals surface area contributed by atoms with E-state index in [1.54, 1.807) is 29.0 Å². The molecule has 10 nitrogen and oxygen atoms in total. The van der Waals surface area contributed by atoms with Crippen LogP contribution in [0.25, 0.3) is 16.7 Å². The van der Waals surface area contributed by atoms with Crippen LogP contribution in [0.3, 0.4) is 0 Å². The number of nitrogen functional groups attached to an aromatic ring is 1. The number of hydrogen-bond donors (Lipinski definition) is 2. The summed E-state index contributed by atoms with van der Waals surface area (Å²) in [6.07, 6.45) is 3.11. The highest BCUT2D eigenvalue weighted by Crippen LogP contribution is 2.24. The maximum atomic E-state index is 12.5. The molecule has 0 amide bonds. The Kier molecular flexibility index (Phi) is 4.35. The Morgan fingerprint density at radius 2 is 1.83 bits per heavy atom. The number of nitro benzene ring substituents is 1. The minimum absolute atomic E-state index is 0.0186. The molecular weight excluding hydrogens is 396 g/mol. The maximum Gasteiger partial charge on any atom is 0.270 e. The van der Waals surface area contributed by atoms with Gasteiger partial charge in [-0.15, -0.1) is 0 Å². The standard InChI is InChI=1S/C18H14N6O4S/c19-13-1-4-15(5-2-13)29(27,28)22-18-20-9-7-17(21-18)23-10-8-12-11-14(24(25)26)3-6-16(12)23/h1-11H,19H2,(H,20,21,22). The van der Waals surface area contributed by atoms with Gasteiger partial charge in [0.15, 0.2) is 0 Å². The van der Waals surface area contributed by atoms with Gasteiger partial charge in [0, 0.05) is 35.6 Å². The van der Waals surface area contributed by atoms with Gasteiger partial charge in [-0.25, -0.2) is 18.1 Å². The van der Waals surface area contributed by atoms with E-state index in [9.17, 15) is 18.5 Å². The summed E-state index contributed by atoms with van der Waals surface area (Å²) < 4.78 is 29.1. The average molecular weight is 410 g/mol. The molecule has 0 unspecified atom stereocenters. The van der Waals surface area contributed by atoms with Crippen LogP contribution < -0.4 is 10.5 Å². The number of anilines is 2. The van der Waals surface area contributed by atoms with E-state index < -0.39 is 14.9 Å². The summed E-state index contributed by atoms with van der Waals surface area (Å²) >= 11 is 0. The Morgan fingerprint density at radius 3 is 2.55 bits per heavy atom. The van der Waals surface area contributed by atoms with Crippen LogP contribution >= 0.6 is 0 Å². The first-order valence-corrected chi connectivity index (χ1v) is 9.79. The molecule has 0 aliphatic rings. The average Bonchev–Trinajstić information content (AvgIpc) is 3.11. The molecular formula is C18H14N6O4S. The van der Waals surface area contributed by atoms with E-state index in [4.69, 9.17) is 5.73 Å². The molecule has 0 aliphatic heterocycles. The van der Waals surface area contributed by atoms with E-state index in [1.807, 2.05) is 0 Å². The van der Waals surface area contributed by atoms with Crippen LogP contribution in [-0.4, -0.2) is 27.9 Å². The van der Waals surface area contributed by atoms with Crippen LogP contribution in [0.5, 0.6) is 0 Å². The van der Waals surface area contributed by atoms with Crippen LogP contribution in [-0.2, 0) is 10.0 Å². The number of rotatable bonds is 5. The van der Waals surface area contributed by atoms with Crippen molar-refractivity contribution in [2.45, 2.75) is 4.90 Å². The van der Waals surface area contributed by atoms with Crippen LogP contribution in [0.4, 0.5) is 17.3 Å². The largest absolute Gasteiger partial charge is 0.399 e. The third kappa shape index (κ3) is 3.58. The van der Waals surface area contributed by atoms with Crippen molar-refractivity contribution in [1.29, 1.82) is 0 Å². The topological polar surface area (TPSA) is 146 Å². The van der Waals surface area contributed by atoms with Crippen molar-refractivity contribution in [1.82, 2.24) is 14.5 Å². The molecule has 29 heavy (non-hydrogen) atoms. The zero-order valence-electron chi connectivity index (χ0n) is 14.8. The molecule has 2 aromatic carbocycles. The number of nitrogens with zero attached hydrogens (tertiary/aromatic N) is 4. The molecule has 11 heteroatoms. The van der Waals surface area contributed by atoms with Gasteiger partial charge in [-0.2, -0.15) is 4.98 Å². The fraction of sp³-hybridized carbons (Fsp3) is 0. The lowest BCUT2D eigenvalue weighted by molar-refractivity contribution is -0.384. The summed E-state index contributed by atoms with van der Waals surface area (Å²) in [4.78, 5) is 18.7. The van der Waals surface area contributed by atoms with Crippen LogP contribution in [0, 0.1) is 10.1 Å². The zero-order valence-corrected chi connectivity index (χ0v) is 15.6. The number of sulfonamides is 1. The Balaban J connectivity index is 1.68. The second-order valence-corrected chi connectivity index (χ2v) is 7.78. The quantitative estimate of drug-likeness (QED) is 0.292. The van der Waals surface area contributed by atoms with E-state index in [0.717, 1.165) is 0 Å². The molecule has 0 saturated heterocycles. The number of nitro groups is 1. The summed E-state index contributed by atoms with van der Waals surface area (Å²) in [5.74, 6) is 0.293. The lowest BCUT2D eigenvalue weighted by atomic mass is 10.2. The van der Waals surface area contributed by atoms with E-state index >= 15 is 0 Å². The van der Waals surface area contributed by atoms with Gasteiger partial charge in [0.2, 0.25) is 5.95 Å². The zero-order chi connectivity index (χ0) is 20.6. The normalized spacial score (nSPS) is 11.4. The second-order valence-electron chi connectivity index (χ2n) is 6.10. The monoisotopic (exact) mass is 410 g/mol. The number of fused-ring (bicyclic) bond motifs is 1. The molecule has 0 spiro atoms. The van der Waals surface area contributed by atoms with Crippen molar-refractivity contribution in [3.05, 3.63) is 77.1 Å². The first-order valence-electron chi connectivity index (χ1n) is 8.31. The molecule has 2 aromatic heterocycles. The van der Waals surface area contributed by atoms with Crippen LogP contribution in [0.1, 0.15) is 0 Å².